The van der Waals surface area contributed by atoms with Crippen molar-refractivity contribution in [2.75, 3.05) is 26.2 Å². The third-order valence-corrected chi connectivity index (χ3v) is 5.09. The molecule has 0 aromatic heterocycles. The van der Waals surface area contributed by atoms with E-state index in [0.717, 1.165) is 30.3 Å². The quantitative estimate of drug-likeness (QED) is 0.810. The number of likely N-dealkylation sites (tertiary alicyclic amines) is 1. The molecule has 2 heteroatoms. The van der Waals surface area contributed by atoms with Crippen LogP contribution in [-0.4, -0.2) is 37.1 Å². The van der Waals surface area contributed by atoms with Crippen LogP contribution in [0.3, 0.4) is 0 Å². The maximum atomic E-state index is 3.50. The van der Waals surface area contributed by atoms with Crippen molar-refractivity contribution in [3.05, 3.63) is 0 Å². The second-order valence-corrected chi connectivity index (χ2v) is 6.38. The highest BCUT2D eigenvalue weighted by molar-refractivity contribution is 4.87. The van der Waals surface area contributed by atoms with E-state index in [9.17, 15) is 0 Å². The van der Waals surface area contributed by atoms with Crippen molar-refractivity contribution in [1.29, 1.82) is 0 Å². The molecule has 1 saturated heterocycles. The second-order valence-electron chi connectivity index (χ2n) is 6.38. The molecule has 2 nitrogen and oxygen atoms in total. The van der Waals surface area contributed by atoms with Gasteiger partial charge < -0.3 is 10.2 Å². The average molecular weight is 238 g/mol. The molecule has 1 aliphatic heterocycles. The average Bonchev–Trinajstić information content (AvgIpc) is 2.79. The van der Waals surface area contributed by atoms with E-state index in [1.165, 1.54) is 45.3 Å². The van der Waals surface area contributed by atoms with Gasteiger partial charge in [0, 0.05) is 12.6 Å². The Hall–Kier alpha value is -0.0800. The van der Waals surface area contributed by atoms with E-state index in [1.807, 2.05) is 0 Å². The lowest BCUT2D eigenvalue weighted by molar-refractivity contribution is 0.127. The predicted molar refractivity (Wildman–Crippen MR) is 74.2 cm³/mol. The van der Waals surface area contributed by atoms with Crippen LogP contribution in [0, 0.1) is 17.8 Å². The molecule has 100 valence electrons. The van der Waals surface area contributed by atoms with Crippen LogP contribution in [0.15, 0.2) is 0 Å². The van der Waals surface area contributed by atoms with Crippen molar-refractivity contribution < 1.29 is 0 Å². The van der Waals surface area contributed by atoms with Crippen LogP contribution in [0.2, 0.25) is 0 Å². The molecule has 1 saturated carbocycles. The van der Waals surface area contributed by atoms with E-state index in [4.69, 9.17) is 0 Å². The van der Waals surface area contributed by atoms with Crippen LogP contribution in [0.1, 0.15) is 46.5 Å². The van der Waals surface area contributed by atoms with Gasteiger partial charge >= 0.3 is 0 Å². The Balaban J connectivity index is 1.76. The van der Waals surface area contributed by atoms with Gasteiger partial charge in [-0.05, 0) is 63.1 Å². The molecule has 1 aliphatic carbocycles. The third-order valence-electron chi connectivity index (χ3n) is 5.09. The van der Waals surface area contributed by atoms with Gasteiger partial charge in [-0.3, -0.25) is 0 Å². The Kier molecular flexibility index (Phi) is 4.87. The van der Waals surface area contributed by atoms with Crippen molar-refractivity contribution in [3.8, 4) is 0 Å². The first-order chi connectivity index (χ1) is 8.20. The number of nitrogens with zero attached hydrogens (tertiary/aromatic N) is 1. The zero-order chi connectivity index (χ0) is 12.3. The molecular weight excluding hydrogens is 208 g/mol. The molecule has 1 N–H and O–H groups in total. The van der Waals surface area contributed by atoms with Crippen LogP contribution in [-0.2, 0) is 0 Å². The largest absolute Gasteiger partial charge is 0.317 e. The Labute approximate surface area is 107 Å². The molecule has 2 aliphatic rings. The molecule has 0 radical (unpaired) electrons. The minimum Gasteiger partial charge on any atom is -0.317 e. The fourth-order valence-corrected chi connectivity index (χ4v) is 3.56. The summed E-state index contributed by atoms with van der Waals surface area (Å²) in [4.78, 5) is 2.78. The summed E-state index contributed by atoms with van der Waals surface area (Å²) >= 11 is 0. The van der Waals surface area contributed by atoms with Gasteiger partial charge in [-0.1, -0.05) is 20.8 Å². The van der Waals surface area contributed by atoms with E-state index in [1.54, 1.807) is 0 Å². The fraction of sp³-hybridized carbons (Fsp3) is 1.00. The molecule has 1 heterocycles. The Morgan fingerprint density at radius 1 is 1.12 bits per heavy atom. The zero-order valence-corrected chi connectivity index (χ0v) is 11.9. The molecule has 0 bridgehead atoms. The molecule has 4 atom stereocenters. The van der Waals surface area contributed by atoms with Crippen molar-refractivity contribution in [2.45, 2.75) is 52.5 Å². The topological polar surface area (TPSA) is 15.3 Å². The summed E-state index contributed by atoms with van der Waals surface area (Å²) < 4.78 is 0. The molecular formula is C15H30N2. The number of rotatable bonds is 4. The molecule has 0 aromatic rings. The maximum Gasteiger partial charge on any atom is 0.00981 e. The molecule has 0 spiro atoms. The van der Waals surface area contributed by atoms with Gasteiger partial charge in [0.15, 0.2) is 0 Å². The van der Waals surface area contributed by atoms with E-state index in [2.05, 4.69) is 31.0 Å². The van der Waals surface area contributed by atoms with E-state index in [-0.39, 0.29) is 0 Å². The summed E-state index contributed by atoms with van der Waals surface area (Å²) in [7, 11) is 0. The first-order valence-corrected chi connectivity index (χ1v) is 7.65. The van der Waals surface area contributed by atoms with E-state index >= 15 is 0 Å². The van der Waals surface area contributed by atoms with Crippen LogP contribution < -0.4 is 5.32 Å². The lowest BCUT2D eigenvalue weighted by Crippen LogP contribution is -2.39. The number of hydrogen-bond acceptors (Lipinski definition) is 2. The third kappa shape index (κ3) is 3.45. The van der Waals surface area contributed by atoms with Crippen molar-refractivity contribution in [1.82, 2.24) is 10.2 Å². The molecule has 17 heavy (non-hydrogen) atoms. The lowest BCUT2D eigenvalue weighted by Gasteiger charge is -2.37. The van der Waals surface area contributed by atoms with Crippen LogP contribution >= 0.6 is 0 Å². The molecule has 4 unspecified atom stereocenters. The smallest absolute Gasteiger partial charge is 0.00981 e. The summed E-state index contributed by atoms with van der Waals surface area (Å²) in [5, 5.41) is 3.50. The van der Waals surface area contributed by atoms with Crippen LogP contribution in [0.25, 0.3) is 0 Å². The van der Waals surface area contributed by atoms with Gasteiger partial charge in [-0.2, -0.15) is 0 Å². The number of nitrogens with one attached hydrogen (secondary N) is 1. The molecule has 0 amide bonds. The summed E-state index contributed by atoms with van der Waals surface area (Å²) in [6.07, 6.45) is 5.74. The second kappa shape index (κ2) is 6.19. The Bertz CT molecular complexity index is 229. The fourth-order valence-electron chi connectivity index (χ4n) is 3.56. The minimum absolute atomic E-state index is 0.896. The van der Waals surface area contributed by atoms with Crippen molar-refractivity contribution in [3.63, 3.8) is 0 Å². The summed E-state index contributed by atoms with van der Waals surface area (Å²) in [5.41, 5.74) is 0. The van der Waals surface area contributed by atoms with Crippen LogP contribution in [0.4, 0.5) is 0 Å². The highest BCUT2D eigenvalue weighted by Gasteiger charge is 2.32. The van der Waals surface area contributed by atoms with Gasteiger partial charge in [0.1, 0.15) is 0 Å². The highest BCUT2D eigenvalue weighted by Crippen LogP contribution is 2.34. The number of hydrogen-bond donors (Lipinski definition) is 1. The maximum absolute atomic E-state index is 3.50. The molecule has 0 aromatic carbocycles. The van der Waals surface area contributed by atoms with E-state index in [0.29, 0.717) is 0 Å². The van der Waals surface area contributed by atoms with Crippen molar-refractivity contribution in [2.24, 2.45) is 17.8 Å². The normalized spacial score (nSPS) is 39.7. The molecule has 2 fully saturated rings. The molecule has 2 rings (SSSR count). The first-order valence-electron chi connectivity index (χ1n) is 7.65. The predicted octanol–water partition coefficient (Wildman–Crippen LogP) is 2.74. The lowest BCUT2D eigenvalue weighted by atomic mass is 9.78. The van der Waals surface area contributed by atoms with Gasteiger partial charge in [0.05, 0.1) is 0 Å². The summed E-state index contributed by atoms with van der Waals surface area (Å²) in [5.74, 6) is 2.79. The van der Waals surface area contributed by atoms with Gasteiger partial charge in [0.25, 0.3) is 0 Å². The minimum atomic E-state index is 0.896. The Morgan fingerprint density at radius 2 is 1.94 bits per heavy atom. The standard InChI is InChI=1S/C15H30N2/c1-4-16-10-14-7-8-17(11-14)15-6-5-12(2)13(3)9-15/h12-16H,4-11H2,1-3H3. The van der Waals surface area contributed by atoms with Crippen LogP contribution in [0.5, 0.6) is 0 Å². The SMILES string of the molecule is CCNCC1CCN(C2CCC(C)C(C)C2)C1. The summed E-state index contributed by atoms with van der Waals surface area (Å²) in [6, 6.07) is 0.896. The highest BCUT2D eigenvalue weighted by atomic mass is 15.2. The Morgan fingerprint density at radius 3 is 2.65 bits per heavy atom. The zero-order valence-electron chi connectivity index (χ0n) is 11.9. The monoisotopic (exact) mass is 238 g/mol. The first kappa shape index (κ1) is 13.4. The van der Waals surface area contributed by atoms with Gasteiger partial charge in [-0.15, -0.1) is 0 Å². The van der Waals surface area contributed by atoms with E-state index < -0.39 is 0 Å². The van der Waals surface area contributed by atoms with Gasteiger partial charge in [0.2, 0.25) is 0 Å². The summed E-state index contributed by atoms with van der Waals surface area (Å²) in [6.45, 7) is 12.1. The van der Waals surface area contributed by atoms with Crippen molar-refractivity contribution >= 4 is 0 Å². The van der Waals surface area contributed by atoms with Gasteiger partial charge in [-0.25, -0.2) is 0 Å².